The number of carbonyl (C=O) groups is 2. The van der Waals surface area contributed by atoms with Crippen LogP contribution in [0.2, 0.25) is 0 Å². The molecule has 1 N–H and O–H groups in total. The number of aliphatic carboxylic acids is 1. The van der Waals surface area contributed by atoms with Crippen molar-refractivity contribution in [1.82, 2.24) is 0 Å². The third-order valence-electron chi connectivity index (χ3n) is 7.02. The summed E-state index contributed by atoms with van der Waals surface area (Å²) in [4.78, 5) is 24.6. The Labute approximate surface area is 207 Å². The van der Waals surface area contributed by atoms with Crippen LogP contribution in [0.5, 0.6) is 5.75 Å². The van der Waals surface area contributed by atoms with E-state index in [9.17, 15) is 27.9 Å². The van der Waals surface area contributed by atoms with Crippen LogP contribution in [0.4, 0.5) is 18.9 Å². The zero-order valence-electron chi connectivity index (χ0n) is 20.3. The van der Waals surface area contributed by atoms with Crippen LogP contribution >= 0.6 is 0 Å². The molecular formula is C27H29F3N2O4. The van der Waals surface area contributed by atoms with Crippen molar-refractivity contribution in [2.75, 3.05) is 5.01 Å². The number of alkyl halides is 3. The number of aryl methyl sites for hydroxylation is 1. The Morgan fingerprint density at radius 2 is 1.64 bits per heavy atom. The molecule has 2 aromatic rings. The number of hydrazone groups is 1. The van der Waals surface area contributed by atoms with E-state index in [1.54, 1.807) is 26.0 Å². The third kappa shape index (κ3) is 5.10. The maximum atomic E-state index is 12.9. The van der Waals surface area contributed by atoms with E-state index >= 15 is 0 Å². The highest BCUT2D eigenvalue weighted by atomic mass is 19.4. The van der Waals surface area contributed by atoms with Crippen LogP contribution in [0.3, 0.4) is 0 Å². The molecule has 4 rings (SSSR count). The van der Waals surface area contributed by atoms with E-state index in [-0.39, 0.29) is 5.91 Å². The molecule has 1 amide bonds. The van der Waals surface area contributed by atoms with Gasteiger partial charge in [0.25, 0.3) is 5.91 Å². The van der Waals surface area contributed by atoms with Gasteiger partial charge in [-0.1, -0.05) is 12.1 Å². The number of carbonyl (C=O) groups excluding carboxylic acids is 1. The molecule has 192 valence electrons. The van der Waals surface area contributed by atoms with Gasteiger partial charge in [0.15, 0.2) is 0 Å². The molecule has 0 bridgehead atoms. The van der Waals surface area contributed by atoms with Gasteiger partial charge in [0.05, 0.1) is 22.4 Å². The number of benzene rings is 2. The maximum Gasteiger partial charge on any atom is 0.416 e. The third-order valence-corrected chi connectivity index (χ3v) is 7.02. The van der Waals surface area contributed by atoms with Crippen molar-refractivity contribution in [3.8, 4) is 5.75 Å². The summed E-state index contributed by atoms with van der Waals surface area (Å²) in [5.74, 6) is -0.677. The number of hydrogen-bond donors (Lipinski definition) is 1. The lowest BCUT2D eigenvalue weighted by molar-refractivity contribution is -0.154. The standard InChI is InChI=1S/C27H29F3N2O4/c1-25(2)22(31-32(23(25)33)20-12-10-19(11-13-20)27(28,29)30)7-5-6-18-8-14-21(15-9-18)36-26(24(34)35)16-3-4-17-26/h8-15H,3-7,16-17H2,1-2H3,(H,34,35). The summed E-state index contributed by atoms with van der Waals surface area (Å²) < 4.78 is 44.4. The van der Waals surface area contributed by atoms with Crippen LogP contribution in [0, 0.1) is 5.41 Å². The first-order valence-corrected chi connectivity index (χ1v) is 12.0. The van der Waals surface area contributed by atoms with E-state index in [0.717, 1.165) is 37.0 Å². The molecule has 1 saturated carbocycles. The Morgan fingerprint density at radius 3 is 2.19 bits per heavy atom. The van der Waals surface area contributed by atoms with Gasteiger partial charge in [-0.15, -0.1) is 0 Å². The average Bonchev–Trinajstić information content (AvgIpc) is 3.39. The minimum Gasteiger partial charge on any atom is -0.478 e. The first kappa shape index (κ1) is 25.7. The molecule has 2 aromatic carbocycles. The number of ether oxygens (including phenoxy) is 1. The lowest BCUT2D eigenvalue weighted by Crippen LogP contribution is -2.41. The van der Waals surface area contributed by atoms with E-state index in [4.69, 9.17) is 4.74 Å². The van der Waals surface area contributed by atoms with Gasteiger partial charge in [0.1, 0.15) is 5.75 Å². The summed E-state index contributed by atoms with van der Waals surface area (Å²) >= 11 is 0. The summed E-state index contributed by atoms with van der Waals surface area (Å²) in [5.41, 5.74) is -0.754. The zero-order chi connectivity index (χ0) is 26.1. The molecule has 1 fully saturated rings. The monoisotopic (exact) mass is 502 g/mol. The van der Waals surface area contributed by atoms with E-state index in [0.29, 0.717) is 42.8 Å². The second-order valence-corrected chi connectivity index (χ2v) is 9.94. The molecule has 0 unspecified atom stereocenters. The fraction of sp³-hybridized carbons (Fsp3) is 0.444. The number of anilines is 1. The summed E-state index contributed by atoms with van der Waals surface area (Å²) in [6.45, 7) is 3.54. The summed E-state index contributed by atoms with van der Waals surface area (Å²) in [5, 5.41) is 15.2. The highest BCUT2D eigenvalue weighted by Gasteiger charge is 2.44. The second kappa shape index (κ2) is 9.59. The van der Waals surface area contributed by atoms with Crippen LogP contribution in [-0.2, 0) is 22.2 Å². The Hall–Kier alpha value is -3.36. The number of nitrogens with zero attached hydrogens (tertiary/aromatic N) is 2. The zero-order valence-corrected chi connectivity index (χ0v) is 20.3. The topological polar surface area (TPSA) is 79.2 Å². The number of carboxylic acids is 1. The Balaban J connectivity index is 1.37. The van der Waals surface area contributed by atoms with Gasteiger partial charge in [-0.25, -0.2) is 9.80 Å². The van der Waals surface area contributed by atoms with Gasteiger partial charge in [0, 0.05) is 0 Å². The first-order chi connectivity index (χ1) is 16.9. The van der Waals surface area contributed by atoms with Crippen molar-refractivity contribution in [3.05, 3.63) is 59.7 Å². The van der Waals surface area contributed by atoms with Crippen LogP contribution in [0.1, 0.15) is 63.5 Å². The highest BCUT2D eigenvalue weighted by Crippen LogP contribution is 2.37. The van der Waals surface area contributed by atoms with Gasteiger partial charge < -0.3 is 9.84 Å². The van der Waals surface area contributed by atoms with Crippen molar-refractivity contribution in [1.29, 1.82) is 0 Å². The van der Waals surface area contributed by atoms with Crippen molar-refractivity contribution < 1.29 is 32.6 Å². The fourth-order valence-electron chi connectivity index (χ4n) is 4.72. The first-order valence-electron chi connectivity index (χ1n) is 12.0. The molecule has 9 heteroatoms. The van der Waals surface area contributed by atoms with Crippen LogP contribution in [0.15, 0.2) is 53.6 Å². The van der Waals surface area contributed by atoms with E-state index in [1.807, 2.05) is 12.1 Å². The maximum absolute atomic E-state index is 12.9. The summed E-state index contributed by atoms with van der Waals surface area (Å²) in [7, 11) is 0. The molecule has 1 aliphatic heterocycles. The molecule has 1 aliphatic carbocycles. The Kier molecular flexibility index (Phi) is 6.86. The number of amides is 1. The van der Waals surface area contributed by atoms with Crippen LogP contribution in [0.25, 0.3) is 0 Å². The van der Waals surface area contributed by atoms with E-state index in [1.165, 1.54) is 17.1 Å². The number of carboxylic acid groups (broad SMARTS) is 1. The minimum absolute atomic E-state index is 0.280. The number of rotatable bonds is 8. The SMILES string of the molecule is CC1(C)C(=O)N(c2ccc(C(F)(F)F)cc2)N=C1CCCc1ccc(OC2(C(=O)O)CCCC2)cc1. The van der Waals surface area contributed by atoms with Gasteiger partial charge >= 0.3 is 12.1 Å². The lowest BCUT2D eigenvalue weighted by atomic mass is 9.84. The second-order valence-electron chi connectivity index (χ2n) is 9.94. The van der Waals surface area contributed by atoms with Crippen molar-refractivity contribution in [3.63, 3.8) is 0 Å². The Morgan fingerprint density at radius 1 is 1.03 bits per heavy atom. The van der Waals surface area contributed by atoms with Crippen molar-refractivity contribution >= 4 is 23.3 Å². The minimum atomic E-state index is -4.44. The highest BCUT2D eigenvalue weighted by molar-refractivity contribution is 6.18. The quantitative estimate of drug-likeness (QED) is 0.464. The lowest BCUT2D eigenvalue weighted by Gasteiger charge is -2.25. The molecule has 2 aliphatic rings. The summed E-state index contributed by atoms with van der Waals surface area (Å²) in [6.07, 6.45) is 0.223. The Bertz CT molecular complexity index is 1150. The summed E-state index contributed by atoms with van der Waals surface area (Å²) in [6, 6.07) is 11.8. The van der Waals surface area contributed by atoms with Gasteiger partial charge in [-0.2, -0.15) is 18.3 Å². The molecule has 0 aromatic heterocycles. The van der Waals surface area contributed by atoms with E-state index in [2.05, 4.69) is 5.10 Å². The van der Waals surface area contributed by atoms with Crippen LogP contribution in [-0.4, -0.2) is 28.3 Å². The van der Waals surface area contributed by atoms with Gasteiger partial charge in [0.2, 0.25) is 5.60 Å². The molecule has 0 radical (unpaired) electrons. The largest absolute Gasteiger partial charge is 0.478 e. The van der Waals surface area contributed by atoms with Crippen LogP contribution < -0.4 is 9.75 Å². The molecular weight excluding hydrogens is 473 g/mol. The molecule has 0 atom stereocenters. The number of halogens is 3. The normalized spacial score (nSPS) is 18.9. The molecule has 0 spiro atoms. The molecule has 0 saturated heterocycles. The molecule has 6 nitrogen and oxygen atoms in total. The van der Waals surface area contributed by atoms with Crippen molar-refractivity contribution in [2.45, 2.75) is 70.6 Å². The smallest absolute Gasteiger partial charge is 0.416 e. The molecule has 36 heavy (non-hydrogen) atoms. The van der Waals surface area contributed by atoms with Crippen molar-refractivity contribution in [2.24, 2.45) is 10.5 Å². The van der Waals surface area contributed by atoms with Gasteiger partial charge in [-0.3, -0.25) is 4.79 Å². The predicted octanol–water partition coefficient (Wildman–Crippen LogP) is 6.23. The predicted molar refractivity (Wildman–Crippen MR) is 129 cm³/mol. The van der Waals surface area contributed by atoms with Gasteiger partial charge in [-0.05, 0) is 101 Å². The average molecular weight is 503 g/mol. The molecule has 1 heterocycles. The van der Waals surface area contributed by atoms with E-state index < -0.39 is 28.7 Å². The fourth-order valence-corrected chi connectivity index (χ4v) is 4.72. The number of hydrogen-bond acceptors (Lipinski definition) is 4.